The number of piperidine rings is 1. The van der Waals surface area contributed by atoms with E-state index in [9.17, 15) is 13.2 Å². The predicted octanol–water partition coefficient (Wildman–Crippen LogP) is 3.54. The first-order valence-corrected chi connectivity index (χ1v) is 5.62. The van der Waals surface area contributed by atoms with Crippen LogP contribution in [0.3, 0.4) is 0 Å². The minimum Gasteiger partial charge on any atom is -0.346 e. The Morgan fingerprint density at radius 2 is 1.82 bits per heavy atom. The van der Waals surface area contributed by atoms with Gasteiger partial charge in [0.15, 0.2) is 0 Å². The zero-order valence-corrected chi connectivity index (χ0v) is 9.28. The molecule has 0 bridgehead atoms. The maximum Gasteiger partial charge on any atom is 0.524 e. The Kier molecular flexibility index (Phi) is 3.57. The summed E-state index contributed by atoms with van der Waals surface area (Å²) in [6, 6.07) is 9.08. The third-order valence-electron chi connectivity index (χ3n) is 2.81. The van der Waals surface area contributed by atoms with Gasteiger partial charge in [-0.25, -0.2) is 0 Å². The standard InChI is InChI=1S/C12H14F3NO/c13-12(14,15)17-11-8-4-5-9-16(11)10-6-2-1-3-7-10/h1-3,6-7,11H,4-5,8-9H2. The lowest BCUT2D eigenvalue weighted by molar-refractivity contribution is -0.344. The molecule has 5 heteroatoms. The lowest BCUT2D eigenvalue weighted by atomic mass is 10.1. The van der Waals surface area contributed by atoms with E-state index in [2.05, 4.69) is 4.74 Å². The Bertz CT molecular complexity index is 353. The Hall–Kier alpha value is -1.23. The number of alkyl halides is 3. The first kappa shape index (κ1) is 12.2. The van der Waals surface area contributed by atoms with E-state index in [1.807, 2.05) is 18.2 Å². The highest BCUT2D eigenvalue weighted by Gasteiger charge is 2.37. The molecular weight excluding hydrogens is 231 g/mol. The van der Waals surface area contributed by atoms with Gasteiger partial charge in [-0.3, -0.25) is 4.74 Å². The van der Waals surface area contributed by atoms with Crippen LogP contribution in [0.15, 0.2) is 30.3 Å². The molecule has 0 saturated carbocycles. The summed E-state index contributed by atoms with van der Waals surface area (Å²) in [5.41, 5.74) is 0.779. The van der Waals surface area contributed by atoms with E-state index in [-0.39, 0.29) is 0 Å². The molecule has 1 aliphatic heterocycles. The largest absolute Gasteiger partial charge is 0.524 e. The van der Waals surface area contributed by atoms with Gasteiger partial charge in [0.05, 0.1) is 0 Å². The van der Waals surface area contributed by atoms with Gasteiger partial charge in [0.2, 0.25) is 0 Å². The van der Waals surface area contributed by atoms with Crippen molar-refractivity contribution < 1.29 is 17.9 Å². The number of benzene rings is 1. The molecule has 94 valence electrons. The number of hydrogen-bond acceptors (Lipinski definition) is 2. The van der Waals surface area contributed by atoms with E-state index in [4.69, 9.17) is 0 Å². The molecule has 1 aromatic carbocycles. The number of nitrogens with zero attached hydrogens (tertiary/aromatic N) is 1. The van der Waals surface area contributed by atoms with E-state index >= 15 is 0 Å². The van der Waals surface area contributed by atoms with Crippen LogP contribution in [-0.4, -0.2) is 19.1 Å². The zero-order valence-electron chi connectivity index (χ0n) is 9.28. The van der Waals surface area contributed by atoms with Gasteiger partial charge in [-0.15, -0.1) is 13.2 Å². The van der Waals surface area contributed by atoms with Crippen molar-refractivity contribution in [2.75, 3.05) is 11.4 Å². The number of halogens is 3. The number of hydrogen-bond donors (Lipinski definition) is 0. The molecule has 0 amide bonds. The van der Waals surface area contributed by atoms with Gasteiger partial charge >= 0.3 is 6.36 Å². The topological polar surface area (TPSA) is 12.5 Å². The molecule has 0 aliphatic carbocycles. The van der Waals surface area contributed by atoms with Crippen LogP contribution in [0.2, 0.25) is 0 Å². The summed E-state index contributed by atoms with van der Waals surface area (Å²) in [6.07, 6.45) is -3.40. The Morgan fingerprint density at radius 3 is 2.47 bits per heavy atom. The summed E-state index contributed by atoms with van der Waals surface area (Å²) in [5, 5.41) is 0. The molecule has 0 radical (unpaired) electrons. The van der Waals surface area contributed by atoms with E-state index in [1.54, 1.807) is 17.0 Å². The second-order valence-electron chi connectivity index (χ2n) is 4.04. The summed E-state index contributed by atoms with van der Waals surface area (Å²) in [6.45, 7) is 0.602. The van der Waals surface area contributed by atoms with Crippen LogP contribution in [0, 0.1) is 0 Å². The number of anilines is 1. The number of ether oxygens (including phenoxy) is 1. The smallest absolute Gasteiger partial charge is 0.346 e. The second kappa shape index (κ2) is 4.96. The van der Waals surface area contributed by atoms with Gasteiger partial charge in [0, 0.05) is 12.2 Å². The maximum atomic E-state index is 12.3. The fraction of sp³-hybridized carbons (Fsp3) is 0.500. The summed E-state index contributed by atoms with van der Waals surface area (Å²) in [7, 11) is 0. The first-order chi connectivity index (χ1) is 8.06. The molecule has 1 unspecified atom stereocenters. The van der Waals surface area contributed by atoms with Crippen LogP contribution < -0.4 is 4.90 Å². The van der Waals surface area contributed by atoms with Gasteiger partial charge < -0.3 is 4.90 Å². The van der Waals surface area contributed by atoms with Crippen molar-refractivity contribution in [1.82, 2.24) is 0 Å². The maximum absolute atomic E-state index is 12.3. The summed E-state index contributed by atoms with van der Waals surface area (Å²) < 4.78 is 41.0. The highest BCUT2D eigenvalue weighted by molar-refractivity contribution is 5.46. The average molecular weight is 245 g/mol. The molecule has 2 rings (SSSR count). The second-order valence-corrected chi connectivity index (χ2v) is 4.04. The van der Waals surface area contributed by atoms with Crippen LogP contribution in [0.1, 0.15) is 19.3 Å². The minimum absolute atomic E-state index is 0.411. The van der Waals surface area contributed by atoms with Gasteiger partial charge in [-0.1, -0.05) is 18.2 Å². The van der Waals surface area contributed by atoms with Crippen molar-refractivity contribution >= 4 is 5.69 Å². The molecule has 0 N–H and O–H groups in total. The molecular formula is C12H14F3NO. The van der Waals surface area contributed by atoms with Crippen LogP contribution >= 0.6 is 0 Å². The first-order valence-electron chi connectivity index (χ1n) is 5.62. The van der Waals surface area contributed by atoms with Crippen molar-refractivity contribution in [1.29, 1.82) is 0 Å². The molecule has 1 fully saturated rings. The minimum atomic E-state index is -4.57. The normalized spacial score (nSPS) is 21.6. The van der Waals surface area contributed by atoms with Crippen LogP contribution in [0.5, 0.6) is 0 Å². The van der Waals surface area contributed by atoms with Gasteiger partial charge in [-0.05, 0) is 31.4 Å². The molecule has 1 aromatic rings. The van der Waals surface area contributed by atoms with Crippen molar-refractivity contribution in [3.05, 3.63) is 30.3 Å². The molecule has 1 atom stereocenters. The molecule has 17 heavy (non-hydrogen) atoms. The molecule has 0 spiro atoms. The van der Waals surface area contributed by atoms with Crippen molar-refractivity contribution in [3.8, 4) is 0 Å². The quantitative estimate of drug-likeness (QED) is 0.790. The SMILES string of the molecule is FC(F)(F)OC1CCCCN1c1ccccc1. The molecule has 0 aromatic heterocycles. The summed E-state index contributed by atoms with van der Waals surface area (Å²) in [5.74, 6) is 0. The summed E-state index contributed by atoms with van der Waals surface area (Å²) >= 11 is 0. The van der Waals surface area contributed by atoms with Crippen molar-refractivity contribution in [2.45, 2.75) is 31.9 Å². The molecule has 1 aliphatic rings. The van der Waals surface area contributed by atoms with E-state index in [0.717, 1.165) is 18.5 Å². The van der Waals surface area contributed by atoms with Gasteiger partial charge in [0.25, 0.3) is 0 Å². The zero-order chi connectivity index (χ0) is 12.3. The van der Waals surface area contributed by atoms with Crippen molar-refractivity contribution in [3.63, 3.8) is 0 Å². The monoisotopic (exact) mass is 245 g/mol. The van der Waals surface area contributed by atoms with E-state index < -0.39 is 12.6 Å². The third kappa shape index (κ3) is 3.36. The highest BCUT2D eigenvalue weighted by atomic mass is 19.4. The molecule has 2 nitrogen and oxygen atoms in total. The van der Waals surface area contributed by atoms with Crippen LogP contribution in [0.4, 0.5) is 18.9 Å². The predicted molar refractivity (Wildman–Crippen MR) is 58.6 cm³/mol. The van der Waals surface area contributed by atoms with Crippen molar-refractivity contribution in [2.24, 2.45) is 0 Å². The lowest BCUT2D eigenvalue weighted by Gasteiger charge is -2.37. The fourth-order valence-corrected chi connectivity index (χ4v) is 2.09. The molecule has 1 heterocycles. The van der Waals surface area contributed by atoms with Crippen LogP contribution in [-0.2, 0) is 4.74 Å². The van der Waals surface area contributed by atoms with E-state index in [0.29, 0.717) is 13.0 Å². The summed E-state index contributed by atoms with van der Waals surface area (Å²) in [4.78, 5) is 1.68. The van der Waals surface area contributed by atoms with Gasteiger partial charge in [0.1, 0.15) is 6.23 Å². The van der Waals surface area contributed by atoms with Gasteiger partial charge in [-0.2, -0.15) is 0 Å². The number of para-hydroxylation sites is 1. The Balaban J connectivity index is 2.13. The Labute approximate surface area is 98.0 Å². The van der Waals surface area contributed by atoms with E-state index in [1.165, 1.54) is 0 Å². The number of rotatable bonds is 2. The Morgan fingerprint density at radius 1 is 1.12 bits per heavy atom. The fourth-order valence-electron chi connectivity index (χ4n) is 2.09. The average Bonchev–Trinajstić information content (AvgIpc) is 2.29. The highest BCUT2D eigenvalue weighted by Crippen LogP contribution is 2.29. The third-order valence-corrected chi connectivity index (χ3v) is 2.81. The molecule has 1 saturated heterocycles. The van der Waals surface area contributed by atoms with Crippen LogP contribution in [0.25, 0.3) is 0 Å². The lowest BCUT2D eigenvalue weighted by Crippen LogP contribution is -2.44.